The van der Waals surface area contributed by atoms with E-state index >= 15 is 0 Å². The van der Waals surface area contributed by atoms with E-state index in [0.29, 0.717) is 0 Å². The lowest BCUT2D eigenvalue weighted by molar-refractivity contribution is -0.120. The van der Waals surface area contributed by atoms with E-state index in [1.165, 1.54) is 11.1 Å². The van der Waals surface area contributed by atoms with Gasteiger partial charge < -0.3 is 0 Å². The third-order valence-electron chi connectivity index (χ3n) is 2.75. The van der Waals surface area contributed by atoms with Crippen LogP contribution in [-0.2, 0) is 17.8 Å². The fourth-order valence-corrected chi connectivity index (χ4v) is 2.43. The average molecular weight is 207 g/mol. The lowest BCUT2D eigenvalue weighted by Crippen LogP contribution is -2.38. The summed E-state index contributed by atoms with van der Waals surface area (Å²) in [6.45, 7) is 2.51. The molecule has 2 unspecified atom stereocenters. The molecule has 0 spiro atoms. The number of benzene rings is 1. The Balaban J connectivity index is 2.31. The summed E-state index contributed by atoms with van der Waals surface area (Å²) in [5, 5.41) is 0. The number of fused-ring (bicyclic) bond motifs is 1. The molecular weight excluding hydrogens is 193 g/mol. The van der Waals surface area contributed by atoms with Crippen molar-refractivity contribution >= 4 is 15.2 Å². The fraction of sp³-hybridized carbons (Fsp3) is 0.364. The van der Waals surface area contributed by atoms with Gasteiger partial charge in [0.05, 0.1) is 6.04 Å². The summed E-state index contributed by atoms with van der Waals surface area (Å²) in [7, 11) is 2.65. The van der Waals surface area contributed by atoms with Crippen LogP contribution in [0.25, 0.3) is 0 Å². The molecule has 1 aromatic carbocycles. The minimum absolute atomic E-state index is 0.0369. The van der Waals surface area contributed by atoms with Crippen molar-refractivity contribution in [2.24, 2.45) is 0 Å². The van der Waals surface area contributed by atoms with Gasteiger partial charge in [0.2, 0.25) is 0 Å². The van der Waals surface area contributed by atoms with E-state index in [-0.39, 0.29) is 11.8 Å². The molecule has 0 saturated carbocycles. The monoisotopic (exact) mass is 207 g/mol. The number of carbonyl (C=O) groups is 1. The van der Waals surface area contributed by atoms with Crippen LogP contribution in [0.1, 0.15) is 18.1 Å². The van der Waals surface area contributed by atoms with Crippen molar-refractivity contribution < 1.29 is 4.79 Å². The second kappa shape index (κ2) is 3.80. The van der Waals surface area contributed by atoms with E-state index in [9.17, 15) is 4.79 Å². The molecule has 74 valence electrons. The van der Waals surface area contributed by atoms with Crippen LogP contribution in [0.3, 0.4) is 0 Å². The van der Waals surface area contributed by atoms with E-state index in [1.54, 1.807) is 6.92 Å². The number of carbonyl (C=O) groups excluding carboxylic acids is 1. The van der Waals surface area contributed by atoms with Gasteiger partial charge >= 0.3 is 0 Å². The van der Waals surface area contributed by atoms with Crippen LogP contribution in [0.2, 0.25) is 0 Å². The van der Waals surface area contributed by atoms with Crippen molar-refractivity contribution in [1.29, 1.82) is 0 Å². The van der Waals surface area contributed by atoms with E-state index in [1.807, 2.05) is 16.8 Å². The molecule has 1 heterocycles. The third kappa shape index (κ3) is 1.73. The Morgan fingerprint density at radius 1 is 1.43 bits per heavy atom. The molecule has 2 nitrogen and oxygen atoms in total. The van der Waals surface area contributed by atoms with Gasteiger partial charge in [0.25, 0.3) is 0 Å². The Morgan fingerprint density at radius 3 is 2.71 bits per heavy atom. The van der Waals surface area contributed by atoms with Crippen molar-refractivity contribution in [2.45, 2.75) is 25.9 Å². The van der Waals surface area contributed by atoms with Crippen LogP contribution < -0.4 is 0 Å². The maximum atomic E-state index is 11.4. The largest absolute Gasteiger partial charge is 0.298 e. The van der Waals surface area contributed by atoms with Crippen molar-refractivity contribution in [3.63, 3.8) is 0 Å². The van der Waals surface area contributed by atoms with Crippen molar-refractivity contribution in [3.8, 4) is 0 Å². The Morgan fingerprint density at radius 2 is 2.07 bits per heavy atom. The van der Waals surface area contributed by atoms with Crippen LogP contribution in [0.15, 0.2) is 24.3 Å². The van der Waals surface area contributed by atoms with Gasteiger partial charge in [0.1, 0.15) is 5.78 Å². The minimum atomic E-state index is 0.0369. The first kappa shape index (κ1) is 9.82. The standard InChI is InChI=1S/C11H14NOP/c1-8(13)11-6-9-4-2-3-5-10(9)7-12(11)14/h2-5,11H,6-7,14H2,1H3. The van der Waals surface area contributed by atoms with Crippen molar-refractivity contribution in [1.82, 2.24) is 4.67 Å². The zero-order chi connectivity index (χ0) is 10.1. The van der Waals surface area contributed by atoms with Gasteiger partial charge in [-0.2, -0.15) is 0 Å². The van der Waals surface area contributed by atoms with Crippen LogP contribution in [-0.4, -0.2) is 16.5 Å². The minimum Gasteiger partial charge on any atom is -0.298 e. The quantitative estimate of drug-likeness (QED) is 0.654. The number of Topliss-reactive ketones (excluding diaryl/α,β-unsaturated/α-hetero) is 1. The predicted octanol–water partition coefficient (Wildman–Crippen LogP) is 1.79. The van der Waals surface area contributed by atoms with Gasteiger partial charge in [-0.1, -0.05) is 33.7 Å². The van der Waals surface area contributed by atoms with Crippen LogP contribution in [0, 0.1) is 0 Å². The van der Waals surface area contributed by atoms with Crippen LogP contribution >= 0.6 is 9.39 Å². The van der Waals surface area contributed by atoms with Gasteiger partial charge in [0.15, 0.2) is 0 Å². The second-order valence-corrected chi connectivity index (χ2v) is 4.43. The molecule has 3 heteroatoms. The third-order valence-corrected chi connectivity index (χ3v) is 3.30. The van der Waals surface area contributed by atoms with E-state index < -0.39 is 0 Å². The molecule has 1 aliphatic rings. The highest BCUT2D eigenvalue weighted by Gasteiger charge is 2.26. The van der Waals surface area contributed by atoms with Crippen molar-refractivity contribution in [2.75, 3.05) is 0 Å². The smallest absolute Gasteiger partial charge is 0.147 e. The maximum absolute atomic E-state index is 11.4. The summed E-state index contributed by atoms with van der Waals surface area (Å²) in [6, 6.07) is 8.36. The van der Waals surface area contributed by atoms with Crippen LogP contribution in [0.4, 0.5) is 0 Å². The molecule has 1 aromatic rings. The maximum Gasteiger partial charge on any atom is 0.147 e. The molecule has 0 amide bonds. The number of rotatable bonds is 1. The summed E-state index contributed by atoms with van der Waals surface area (Å²) < 4.78 is 2.05. The molecular formula is C11H14NOP. The molecule has 0 radical (unpaired) electrons. The van der Waals surface area contributed by atoms with Crippen molar-refractivity contribution in [3.05, 3.63) is 35.4 Å². The first-order valence-electron chi connectivity index (χ1n) is 4.77. The first-order chi connectivity index (χ1) is 6.68. The zero-order valence-corrected chi connectivity index (χ0v) is 9.39. The second-order valence-electron chi connectivity index (χ2n) is 3.77. The molecule has 0 aliphatic carbocycles. The van der Waals surface area contributed by atoms with Gasteiger partial charge in [-0.3, -0.25) is 9.46 Å². The molecule has 0 N–H and O–H groups in total. The van der Waals surface area contributed by atoms with E-state index in [4.69, 9.17) is 0 Å². The lowest BCUT2D eigenvalue weighted by Gasteiger charge is -2.31. The number of hydrogen-bond donors (Lipinski definition) is 0. The molecule has 0 fully saturated rings. The van der Waals surface area contributed by atoms with Gasteiger partial charge in [-0.05, 0) is 24.5 Å². The highest BCUT2D eigenvalue weighted by molar-refractivity contribution is 7.13. The molecule has 0 bridgehead atoms. The van der Waals surface area contributed by atoms with Crippen LogP contribution in [0.5, 0.6) is 0 Å². The SMILES string of the molecule is CC(=O)C1Cc2ccccc2CN1P. The van der Waals surface area contributed by atoms with Gasteiger partial charge in [-0.15, -0.1) is 0 Å². The summed E-state index contributed by atoms with van der Waals surface area (Å²) >= 11 is 0. The Hall–Kier alpha value is -0.720. The van der Waals surface area contributed by atoms with Gasteiger partial charge in [0, 0.05) is 6.54 Å². The predicted molar refractivity (Wildman–Crippen MR) is 59.9 cm³/mol. The summed E-state index contributed by atoms with van der Waals surface area (Å²) in [6.07, 6.45) is 0.842. The molecule has 1 aliphatic heterocycles. The summed E-state index contributed by atoms with van der Waals surface area (Å²) in [5.41, 5.74) is 2.64. The molecule has 0 aromatic heterocycles. The van der Waals surface area contributed by atoms with E-state index in [0.717, 1.165) is 13.0 Å². The Kier molecular flexibility index (Phi) is 2.66. The number of nitrogens with zero attached hydrogens (tertiary/aromatic N) is 1. The fourth-order valence-electron chi connectivity index (χ4n) is 1.92. The molecule has 2 atom stereocenters. The molecule has 0 saturated heterocycles. The summed E-state index contributed by atoms with van der Waals surface area (Å²) in [5.74, 6) is 0.245. The molecule has 2 rings (SSSR count). The first-order valence-corrected chi connectivity index (χ1v) is 5.28. The Bertz CT molecular complexity index is 364. The summed E-state index contributed by atoms with van der Waals surface area (Å²) in [4.78, 5) is 11.4. The zero-order valence-electron chi connectivity index (χ0n) is 8.23. The Labute approximate surface area is 86.6 Å². The average Bonchev–Trinajstić information content (AvgIpc) is 2.16. The number of hydrogen-bond acceptors (Lipinski definition) is 2. The lowest BCUT2D eigenvalue weighted by atomic mass is 9.94. The highest BCUT2D eigenvalue weighted by atomic mass is 31.0. The topological polar surface area (TPSA) is 20.3 Å². The van der Waals surface area contributed by atoms with E-state index in [2.05, 4.69) is 21.5 Å². The molecule has 14 heavy (non-hydrogen) atoms. The van der Waals surface area contributed by atoms with Gasteiger partial charge in [-0.25, -0.2) is 0 Å². The highest BCUT2D eigenvalue weighted by Crippen LogP contribution is 2.25. The normalized spacial score (nSPS) is 21.7. The number of ketones is 1.